The summed E-state index contributed by atoms with van der Waals surface area (Å²) in [6, 6.07) is 6.82. The number of imidazole rings is 1. The minimum Gasteiger partial charge on any atom is -0.374 e. The summed E-state index contributed by atoms with van der Waals surface area (Å²) in [5.41, 5.74) is 1.83. The molecule has 1 aromatic carbocycles. The van der Waals surface area contributed by atoms with Crippen molar-refractivity contribution in [1.29, 1.82) is 0 Å². The van der Waals surface area contributed by atoms with Crippen LogP contribution in [0.3, 0.4) is 0 Å². The van der Waals surface area contributed by atoms with E-state index < -0.39 is 30.0 Å². The molecule has 4 aliphatic rings. The first kappa shape index (κ1) is 39.5. The first-order valence-corrected chi connectivity index (χ1v) is 20.6. The van der Waals surface area contributed by atoms with Crippen molar-refractivity contribution < 1.29 is 27.9 Å². The Labute approximate surface area is 343 Å². The Morgan fingerprint density at radius 2 is 1.93 bits per heavy atom. The predicted molar refractivity (Wildman–Crippen MR) is 217 cm³/mol. The number of fused-ring (bicyclic) bond motifs is 4. The molecule has 18 heteroatoms. The van der Waals surface area contributed by atoms with E-state index in [1.807, 2.05) is 18.2 Å². The number of hydrogen-bond acceptors (Lipinski definition) is 10. The lowest BCUT2D eigenvalue weighted by atomic mass is 9.86. The molecule has 2 bridgehead atoms. The summed E-state index contributed by atoms with van der Waals surface area (Å²) in [6.45, 7) is 3.16. The van der Waals surface area contributed by atoms with Gasteiger partial charge in [-0.1, -0.05) is 11.8 Å². The van der Waals surface area contributed by atoms with Crippen LogP contribution < -0.4 is 21.2 Å². The van der Waals surface area contributed by atoms with Gasteiger partial charge in [-0.05, 0) is 88.7 Å². The van der Waals surface area contributed by atoms with Crippen LogP contribution in [0, 0.1) is 17.8 Å². The third-order valence-corrected chi connectivity index (χ3v) is 12.5. The highest BCUT2D eigenvalue weighted by atomic mass is 19.3. The van der Waals surface area contributed by atoms with Crippen LogP contribution in [0.2, 0.25) is 0 Å². The smallest absolute Gasteiger partial charge is 0.329 e. The summed E-state index contributed by atoms with van der Waals surface area (Å²) in [7, 11) is 3.77. The molecule has 4 fully saturated rings. The van der Waals surface area contributed by atoms with Gasteiger partial charge in [0, 0.05) is 50.9 Å². The summed E-state index contributed by atoms with van der Waals surface area (Å²) < 4.78 is 40.3. The predicted octanol–water partition coefficient (Wildman–Crippen LogP) is 4.22. The number of nitrogens with zero attached hydrogens (tertiary/aromatic N) is 9. The van der Waals surface area contributed by atoms with Gasteiger partial charge >= 0.3 is 5.69 Å². The zero-order valence-corrected chi connectivity index (χ0v) is 33.5. The molecule has 7 heterocycles. The van der Waals surface area contributed by atoms with Crippen molar-refractivity contribution in [3.63, 3.8) is 0 Å². The van der Waals surface area contributed by atoms with Gasteiger partial charge in [0.05, 0.1) is 47.7 Å². The van der Waals surface area contributed by atoms with Crippen LogP contribution in [-0.4, -0.2) is 102 Å². The van der Waals surface area contributed by atoms with Gasteiger partial charge in [-0.3, -0.25) is 33.5 Å². The molecule has 1 saturated carbocycles. The molecule has 314 valence electrons. The maximum atomic E-state index is 14.2. The Balaban J connectivity index is 0.758. The highest BCUT2D eigenvalue weighted by molar-refractivity contribution is 6.08. The summed E-state index contributed by atoms with van der Waals surface area (Å²) in [4.78, 5) is 59.9. The Morgan fingerprint density at radius 3 is 2.68 bits per heavy atom. The fourth-order valence-electron chi connectivity index (χ4n) is 9.30. The molecule has 5 aromatic rings. The molecule has 3 aliphatic heterocycles. The molecule has 60 heavy (non-hydrogen) atoms. The van der Waals surface area contributed by atoms with Gasteiger partial charge in [-0.25, -0.2) is 23.1 Å². The fraction of sp³-hybridized carbons (Fsp3) is 0.500. The molecule has 16 nitrogen and oxygen atoms in total. The number of aryl methyl sites for hydroxylation is 1. The molecule has 0 spiro atoms. The van der Waals surface area contributed by atoms with E-state index in [4.69, 9.17) is 9.72 Å². The number of anilines is 2. The largest absolute Gasteiger partial charge is 0.374 e. The van der Waals surface area contributed by atoms with Crippen LogP contribution in [0.25, 0.3) is 16.7 Å². The first-order valence-electron chi connectivity index (χ1n) is 20.6. The van der Waals surface area contributed by atoms with E-state index in [2.05, 4.69) is 49.5 Å². The van der Waals surface area contributed by atoms with Crippen molar-refractivity contribution in [3.8, 4) is 11.8 Å². The van der Waals surface area contributed by atoms with Gasteiger partial charge in [-0.15, -0.1) is 0 Å². The zero-order chi connectivity index (χ0) is 41.7. The maximum absolute atomic E-state index is 14.2. The molecule has 9 rings (SSSR count). The van der Waals surface area contributed by atoms with Crippen LogP contribution in [0.4, 0.5) is 20.3 Å². The van der Waals surface area contributed by atoms with Crippen molar-refractivity contribution in [2.24, 2.45) is 13.0 Å². The number of hydrogen-bond donors (Lipinski definition) is 2. The molecule has 1 aliphatic carbocycles. The average Bonchev–Trinajstić information content (AvgIpc) is 4.08. The number of nitrogens with one attached hydrogen (secondary N) is 2. The van der Waals surface area contributed by atoms with Crippen LogP contribution in [0.1, 0.15) is 97.9 Å². The lowest BCUT2D eigenvalue weighted by molar-refractivity contribution is -0.135. The number of aromatic nitrogens is 7. The normalized spacial score (nSPS) is 22.9. The standard InChI is InChI=1S/C42H47F2N11O5/c1-50(16-5-3-4-6-25-9-12-32-34(18-25)51(2)42(59)55(32)33-13-14-36(56)48-41(33)58)21-26-7-10-27(11-8-26)54-23-31(37(49-54)38(43)44)46-40(57)30-20-45-53-17-15-35(47-39(30)53)52-22-29-19-28(52)24-60-29/h9,12,15,17-18,20,23,26-29,33,38H,3,5,7-8,10-11,13-14,16,19,21-22,24H2,1-2H3,(H,46,57)(H,48,56,58)/t26-,27-,28-,29-,33?/m1/s1. The molecule has 4 aromatic heterocycles. The molecule has 1 unspecified atom stereocenters. The number of unbranched alkanes of at least 4 members (excludes halogenated alkanes) is 1. The third kappa shape index (κ3) is 7.67. The van der Waals surface area contributed by atoms with Crippen molar-refractivity contribution in [2.75, 3.05) is 43.5 Å². The SMILES string of the molecule is CN(CCCC#Cc1ccc2c(c1)n(C)c(=O)n2C1CCC(=O)NC1=O)C[C@H]1CC[C@H](n2cc(NC(=O)c3cnn4ccc(N5C[C@H]6C[C@@H]5CO6)nc34)c(C(F)F)n2)CC1. The Hall–Kier alpha value is -5.93. The Kier molecular flexibility index (Phi) is 10.7. The molecule has 3 atom stereocenters. The zero-order valence-electron chi connectivity index (χ0n) is 33.5. The summed E-state index contributed by atoms with van der Waals surface area (Å²) in [5, 5.41) is 13.5. The van der Waals surface area contributed by atoms with E-state index in [1.54, 1.807) is 24.0 Å². The number of carbonyl (C=O) groups excluding carboxylic acids is 3. The number of carbonyl (C=O) groups is 3. The lowest BCUT2D eigenvalue weighted by Gasteiger charge is -2.31. The monoisotopic (exact) mass is 823 g/mol. The maximum Gasteiger partial charge on any atom is 0.329 e. The molecular weight excluding hydrogens is 777 g/mol. The first-order chi connectivity index (χ1) is 29.0. The van der Waals surface area contributed by atoms with Crippen molar-refractivity contribution in [2.45, 2.75) is 88.4 Å². The number of alkyl halides is 2. The fourth-order valence-corrected chi connectivity index (χ4v) is 9.30. The van der Waals surface area contributed by atoms with Crippen molar-refractivity contribution in [1.82, 2.24) is 43.7 Å². The van der Waals surface area contributed by atoms with E-state index in [0.717, 1.165) is 69.5 Å². The van der Waals surface area contributed by atoms with Crippen LogP contribution in [0.15, 0.2) is 47.7 Å². The molecule has 2 N–H and O–H groups in total. The van der Waals surface area contributed by atoms with E-state index in [-0.39, 0.29) is 53.9 Å². The number of ether oxygens (including phenoxy) is 1. The number of piperidine rings is 1. The summed E-state index contributed by atoms with van der Waals surface area (Å²) >= 11 is 0. The van der Waals surface area contributed by atoms with Crippen LogP contribution in [-0.2, 0) is 21.4 Å². The molecule has 3 amide bonds. The van der Waals surface area contributed by atoms with Gasteiger partial charge in [0.25, 0.3) is 12.3 Å². The van der Waals surface area contributed by atoms with Crippen molar-refractivity contribution >= 4 is 45.9 Å². The Morgan fingerprint density at radius 1 is 1.10 bits per heavy atom. The van der Waals surface area contributed by atoms with E-state index in [0.29, 0.717) is 35.6 Å². The van der Waals surface area contributed by atoms with E-state index in [9.17, 15) is 28.0 Å². The van der Waals surface area contributed by atoms with Crippen molar-refractivity contribution in [3.05, 3.63) is 70.2 Å². The van der Waals surface area contributed by atoms with Crippen LogP contribution in [0.5, 0.6) is 0 Å². The van der Waals surface area contributed by atoms with E-state index in [1.165, 1.54) is 26.0 Å². The van der Waals surface area contributed by atoms with Gasteiger partial charge in [0.15, 0.2) is 11.3 Å². The topological polar surface area (TPSA) is 166 Å². The molecule has 0 radical (unpaired) electrons. The van der Waals surface area contributed by atoms with Gasteiger partial charge in [0.1, 0.15) is 17.4 Å². The highest BCUT2D eigenvalue weighted by Crippen LogP contribution is 2.36. The minimum absolute atomic E-state index is 0.0144. The number of rotatable bonds is 11. The highest BCUT2D eigenvalue weighted by Gasteiger charge is 2.40. The number of imide groups is 1. The number of amides is 3. The molecular formula is C42H47F2N11O5. The second-order valence-corrected chi connectivity index (χ2v) is 16.5. The number of halogens is 2. The third-order valence-electron chi connectivity index (χ3n) is 12.5. The lowest BCUT2D eigenvalue weighted by Crippen LogP contribution is -2.44. The Bertz CT molecular complexity index is 2590. The summed E-state index contributed by atoms with van der Waals surface area (Å²) in [5.74, 6) is 6.28. The second kappa shape index (κ2) is 16.3. The van der Waals surface area contributed by atoms with Gasteiger partial charge in [-0.2, -0.15) is 10.2 Å². The number of benzene rings is 1. The average molecular weight is 824 g/mol. The second-order valence-electron chi connectivity index (χ2n) is 16.5. The van der Waals surface area contributed by atoms with Crippen LogP contribution >= 0.6 is 0 Å². The van der Waals surface area contributed by atoms with Gasteiger partial charge < -0.3 is 19.9 Å². The van der Waals surface area contributed by atoms with Gasteiger partial charge in [0.2, 0.25) is 11.8 Å². The minimum atomic E-state index is -2.86. The number of morpholine rings is 1. The van der Waals surface area contributed by atoms with E-state index >= 15 is 0 Å². The quantitative estimate of drug-likeness (QED) is 0.112. The molecule has 3 saturated heterocycles. The summed E-state index contributed by atoms with van der Waals surface area (Å²) in [6.07, 6.45) is 8.42.